The molecule has 0 aliphatic heterocycles. The lowest BCUT2D eigenvalue weighted by Crippen LogP contribution is -2.16. The summed E-state index contributed by atoms with van der Waals surface area (Å²) < 4.78 is 33.5. The number of benzene rings is 3. The summed E-state index contributed by atoms with van der Waals surface area (Å²) >= 11 is 12.9. The predicted molar refractivity (Wildman–Crippen MR) is 131 cm³/mol. The van der Waals surface area contributed by atoms with Crippen LogP contribution in [0.3, 0.4) is 0 Å². The van der Waals surface area contributed by atoms with E-state index in [1.807, 2.05) is 6.92 Å². The standard InChI is InChI=1S/C25H18Cl2N2O4S/c1-15-10-16(14-28)11-23-20(15)12-17(29(23)34(31,32)18-6-4-3-5-7-18)13-21-22(26)9-8-19(24(21)27)25(30)33-2/h3-12H,13H2,1-2H3. The summed E-state index contributed by atoms with van der Waals surface area (Å²) in [7, 11) is -2.80. The average molecular weight is 513 g/mol. The fraction of sp³-hybridized carbons (Fsp3) is 0.120. The molecular weight excluding hydrogens is 495 g/mol. The quantitative estimate of drug-likeness (QED) is 0.318. The Morgan fingerprint density at radius 3 is 2.44 bits per heavy atom. The van der Waals surface area contributed by atoms with Crippen LogP contribution in [0.2, 0.25) is 10.0 Å². The van der Waals surface area contributed by atoms with E-state index in [9.17, 15) is 18.5 Å². The number of halogens is 2. The molecule has 9 heteroatoms. The van der Waals surface area contributed by atoms with Crippen molar-refractivity contribution in [2.75, 3.05) is 7.11 Å². The lowest BCUT2D eigenvalue weighted by molar-refractivity contribution is 0.0601. The number of ether oxygens (including phenoxy) is 1. The van der Waals surface area contributed by atoms with E-state index in [0.717, 1.165) is 5.56 Å². The Morgan fingerprint density at radius 1 is 1.09 bits per heavy atom. The van der Waals surface area contributed by atoms with Crippen LogP contribution in [0.5, 0.6) is 0 Å². The Labute approximate surface area is 207 Å². The summed E-state index contributed by atoms with van der Waals surface area (Å²) in [6.07, 6.45) is 0.0184. The molecule has 0 saturated carbocycles. The summed E-state index contributed by atoms with van der Waals surface area (Å²) in [5.74, 6) is -0.630. The van der Waals surface area contributed by atoms with Crippen LogP contribution in [0.1, 0.15) is 32.7 Å². The largest absolute Gasteiger partial charge is 0.465 e. The van der Waals surface area contributed by atoms with Crippen LogP contribution in [0.4, 0.5) is 0 Å². The first kappa shape index (κ1) is 23.8. The molecule has 34 heavy (non-hydrogen) atoms. The van der Waals surface area contributed by atoms with Gasteiger partial charge in [0.1, 0.15) is 0 Å². The van der Waals surface area contributed by atoms with E-state index in [-0.39, 0.29) is 26.9 Å². The van der Waals surface area contributed by atoms with Gasteiger partial charge in [0.05, 0.1) is 39.7 Å². The predicted octanol–water partition coefficient (Wildman–Crippen LogP) is 5.74. The maximum Gasteiger partial charge on any atom is 0.339 e. The topological polar surface area (TPSA) is 89.2 Å². The number of carbonyl (C=O) groups excluding carboxylic acids is 1. The number of esters is 1. The van der Waals surface area contributed by atoms with Crippen molar-refractivity contribution in [2.45, 2.75) is 18.2 Å². The number of rotatable bonds is 5. The molecule has 0 fully saturated rings. The van der Waals surface area contributed by atoms with Crippen molar-refractivity contribution in [1.82, 2.24) is 3.97 Å². The number of aromatic nitrogens is 1. The number of methoxy groups -OCH3 is 1. The molecule has 0 spiro atoms. The molecule has 0 aliphatic rings. The number of hydrogen-bond donors (Lipinski definition) is 0. The van der Waals surface area contributed by atoms with Gasteiger partial charge in [-0.15, -0.1) is 0 Å². The highest BCUT2D eigenvalue weighted by atomic mass is 35.5. The molecule has 4 aromatic rings. The third kappa shape index (κ3) is 4.05. The first-order chi connectivity index (χ1) is 16.2. The minimum absolute atomic E-state index is 0.0184. The average Bonchev–Trinajstić information content (AvgIpc) is 3.21. The zero-order valence-electron chi connectivity index (χ0n) is 18.2. The third-order valence-corrected chi connectivity index (χ3v) is 8.08. The number of nitriles is 1. The molecule has 0 amide bonds. The van der Waals surface area contributed by atoms with Gasteiger partial charge in [-0.25, -0.2) is 17.2 Å². The number of nitrogens with zero attached hydrogens (tertiary/aromatic N) is 2. The van der Waals surface area contributed by atoms with Gasteiger partial charge in [-0.3, -0.25) is 0 Å². The molecule has 4 rings (SSSR count). The van der Waals surface area contributed by atoms with E-state index in [4.69, 9.17) is 27.9 Å². The highest BCUT2D eigenvalue weighted by molar-refractivity contribution is 7.90. The minimum Gasteiger partial charge on any atom is -0.465 e. The zero-order chi connectivity index (χ0) is 24.6. The van der Waals surface area contributed by atoms with E-state index in [1.165, 1.54) is 35.3 Å². The molecule has 0 atom stereocenters. The number of fused-ring (bicyclic) bond motifs is 1. The van der Waals surface area contributed by atoms with Gasteiger partial charge in [0.25, 0.3) is 10.0 Å². The van der Waals surface area contributed by atoms with Crippen molar-refractivity contribution in [2.24, 2.45) is 0 Å². The van der Waals surface area contributed by atoms with Crippen molar-refractivity contribution < 1.29 is 17.9 Å². The molecule has 6 nitrogen and oxygen atoms in total. The molecule has 172 valence electrons. The van der Waals surface area contributed by atoms with Crippen molar-refractivity contribution in [3.05, 3.63) is 98.7 Å². The van der Waals surface area contributed by atoms with Gasteiger partial charge in [0.15, 0.2) is 0 Å². The van der Waals surface area contributed by atoms with Crippen molar-refractivity contribution in [3.8, 4) is 6.07 Å². The normalized spacial score (nSPS) is 11.4. The summed E-state index contributed by atoms with van der Waals surface area (Å²) in [5, 5.41) is 10.5. The third-order valence-electron chi connectivity index (χ3n) is 5.52. The second kappa shape index (κ2) is 9.15. The Bertz CT molecular complexity index is 1590. The van der Waals surface area contributed by atoms with Gasteiger partial charge >= 0.3 is 5.97 Å². The molecule has 0 N–H and O–H groups in total. The summed E-state index contributed by atoms with van der Waals surface area (Å²) in [6.45, 7) is 1.81. The second-order valence-electron chi connectivity index (χ2n) is 7.61. The van der Waals surface area contributed by atoms with Gasteiger partial charge in [0.2, 0.25) is 0 Å². The Balaban J connectivity index is 2.02. The van der Waals surface area contributed by atoms with Crippen molar-refractivity contribution in [1.29, 1.82) is 5.26 Å². The van der Waals surface area contributed by atoms with E-state index in [1.54, 1.807) is 36.4 Å². The lowest BCUT2D eigenvalue weighted by atomic mass is 10.0. The summed E-state index contributed by atoms with van der Waals surface area (Å²) in [5.41, 5.74) is 2.34. The molecule has 1 aromatic heterocycles. The Morgan fingerprint density at radius 2 is 1.79 bits per heavy atom. The number of carbonyl (C=O) groups is 1. The Hall–Kier alpha value is -3.31. The van der Waals surface area contributed by atoms with Crippen LogP contribution in [-0.2, 0) is 21.2 Å². The molecule has 0 radical (unpaired) electrons. The monoisotopic (exact) mass is 512 g/mol. The number of aryl methyl sites for hydroxylation is 1. The van der Waals surface area contributed by atoms with Crippen LogP contribution in [0, 0.1) is 18.3 Å². The van der Waals surface area contributed by atoms with Crippen LogP contribution in [0.15, 0.2) is 65.6 Å². The molecule has 0 unspecified atom stereocenters. The summed E-state index contributed by atoms with van der Waals surface area (Å²) in [4.78, 5) is 12.2. The summed E-state index contributed by atoms with van der Waals surface area (Å²) in [6, 6.07) is 18.0. The van der Waals surface area contributed by atoms with Crippen LogP contribution in [-0.4, -0.2) is 25.5 Å². The van der Waals surface area contributed by atoms with Crippen LogP contribution < -0.4 is 0 Å². The van der Waals surface area contributed by atoms with E-state index in [0.29, 0.717) is 27.7 Å². The molecule has 3 aromatic carbocycles. The lowest BCUT2D eigenvalue weighted by Gasteiger charge is -2.15. The van der Waals surface area contributed by atoms with Gasteiger partial charge in [-0.1, -0.05) is 41.4 Å². The zero-order valence-corrected chi connectivity index (χ0v) is 20.5. The fourth-order valence-electron chi connectivity index (χ4n) is 3.89. The first-order valence-electron chi connectivity index (χ1n) is 10.1. The highest BCUT2D eigenvalue weighted by Gasteiger charge is 2.26. The Kier molecular flexibility index (Phi) is 6.41. The van der Waals surface area contributed by atoms with Gasteiger partial charge < -0.3 is 4.74 Å². The fourth-order valence-corrected chi connectivity index (χ4v) is 6.02. The van der Waals surface area contributed by atoms with E-state index >= 15 is 0 Å². The molecule has 1 heterocycles. The van der Waals surface area contributed by atoms with Crippen LogP contribution in [0.25, 0.3) is 10.9 Å². The smallest absolute Gasteiger partial charge is 0.339 e. The molecule has 0 saturated heterocycles. The SMILES string of the molecule is COC(=O)c1ccc(Cl)c(Cc2cc3c(C)cc(C#N)cc3n2S(=O)(=O)c2ccccc2)c1Cl. The van der Waals surface area contributed by atoms with E-state index in [2.05, 4.69) is 6.07 Å². The highest BCUT2D eigenvalue weighted by Crippen LogP contribution is 2.35. The van der Waals surface area contributed by atoms with Crippen molar-refractivity contribution in [3.63, 3.8) is 0 Å². The van der Waals surface area contributed by atoms with Gasteiger partial charge in [0, 0.05) is 22.5 Å². The van der Waals surface area contributed by atoms with Gasteiger partial charge in [-0.2, -0.15) is 5.26 Å². The van der Waals surface area contributed by atoms with E-state index < -0.39 is 16.0 Å². The van der Waals surface area contributed by atoms with Crippen LogP contribution >= 0.6 is 23.2 Å². The van der Waals surface area contributed by atoms with Gasteiger partial charge in [-0.05, 0) is 60.5 Å². The second-order valence-corrected chi connectivity index (χ2v) is 10.2. The molecule has 0 bridgehead atoms. The first-order valence-corrected chi connectivity index (χ1v) is 12.3. The number of hydrogen-bond acceptors (Lipinski definition) is 5. The maximum atomic E-state index is 13.8. The molecular formula is C25H18Cl2N2O4S. The maximum absolute atomic E-state index is 13.8. The molecule has 0 aliphatic carbocycles. The minimum atomic E-state index is -4.04. The van der Waals surface area contributed by atoms with Crippen molar-refractivity contribution >= 4 is 50.1 Å².